The van der Waals surface area contributed by atoms with Gasteiger partial charge in [0.25, 0.3) is 11.7 Å². The van der Waals surface area contributed by atoms with Crippen LogP contribution in [0.15, 0.2) is 72.3 Å². The van der Waals surface area contributed by atoms with Gasteiger partial charge >= 0.3 is 0 Å². The van der Waals surface area contributed by atoms with Crippen molar-refractivity contribution in [3.63, 3.8) is 0 Å². The molecule has 1 aliphatic rings. The zero-order valence-electron chi connectivity index (χ0n) is 18.7. The Kier molecular flexibility index (Phi) is 6.47. The first-order chi connectivity index (χ1) is 16.4. The molecule has 3 aromatic carbocycles. The molecule has 1 heterocycles. The van der Waals surface area contributed by atoms with Gasteiger partial charge in [0.15, 0.2) is 11.5 Å². The van der Waals surface area contributed by atoms with Crippen LogP contribution in [0.25, 0.3) is 5.76 Å². The number of ketones is 1. The highest BCUT2D eigenvalue weighted by atomic mass is 35.5. The number of aliphatic hydroxyl groups excluding tert-OH is 1. The molecule has 1 unspecified atom stereocenters. The van der Waals surface area contributed by atoms with E-state index in [1.807, 2.05) is 0 Å². The number of Topliss-reactive ketones (excluding diaryl/α,β-unsaturated/α-hetero) is 1. The van der Waals surface area contributed by atoms with Gasteiger partial charge in [-0.3, -0.25) is 14.5 Å². The molecule has 8 heteroatoms. The Balaban J connectivity index is 1.94. The Bertz CT molecular complexity index is 1270. The number of halogens is 1. The van der Waals surface area contributed by atoms with Crippen molar-refractivity contribution in [1.29, 1.82) is 0 Å². The van der Waals surface area contributed by atoms with Gasteiger partial charge in [-0.25, -0.2) is 0 Å². The number of aliphatic hydroxyl groups is 1. The van der Waals surface area contributed by atoms with Crippen molar-refractivity contribution >= 4 is 34.7 Å². The second kappa shape index (κ2) is 9.49. The first-order valence-corrected chi connectivity index (χ1v) is 10.7. The summed E-state index contributed by atoms with van der Waals surface area (Å²) in [6, 6.07) is 17.3. The molecule has 1 saturated heterocycles. The van der Waals surface area contributed by atoms with Gasteiger partial charge < -0.3 is 19.3 Å². The minimum Gasteiger partial charge on any atom is -0.507 e. The van der Waals surface area contributed by atoms with Crippen LogP contribution in [0.5, 0.6) is 17.2 Å². The Hall–Kier alpha value is -3.97. The number of carbonyl (C=O) groups is 2. The van der Waals surface area contributed by atoms with Crippen LogP contribution in [0.3, 0.4) is 0 Å². The van der Waals surface area contributed by atoms with Crippen molar-refractivity contribution in [2.24, 2.45) is 0 Å². The average Bonchev–Trinajstić information content (AvgIpc) is 3.13. The van der Waals surface area contributed by atoms with Crippen LogP contribution >= 0.6 is 11.6 Å². The first-order valence-electron chi connectivity index (χ1n) is 10.3. The molecule has 174 valence electrons. The van der Waals surface area contributed by atoms with Crippen LogP contribution in [-0.2, 0) is 9.59 Å². The highest BCUT2D eigenvalue weighted by molar-refractivity contribution is 6.51. The summed E-state index contributed by atoms with van der Waals surface area (Å²) >= 11 is 5.98. The van der Waals surface area contributed by atoms with Crippen molar-refractivity contribution < 1.29 is 28.9 Å². The summed E-state index contributed by atoms with van der Waals surface area (Å²) in [4.78, 5) is 27.8. The summed E-state index contributed by atoms with van der Waals surface area (Å²) in [5.74, 6) is -0.351. The fourth-order valence-electron chi connectivity index (χ4n) is 3.94. The normalized spacial score (nSPS) is 17.1. The summed E-state index contributed by atoms with van der Waals surface area (Å²) in [6.45, 7) is 0. The number of methoxy groups -OCH3 is 3. The van der Waals surface area contributed by atoms with E-state index in [4.69, 9.17) is 25.8 Å². The fraction of sp³-hybridized carbons (Fsp3) is 0.154. The van der Waals surface area contributed by atoms with Crippen molar-refractivity contribution in [3.05, 3.63) is 88.5 Å². The number of carbonyl (C=O) groups excluding carboxylic acids is 2. The Morgan fingerprint density at radius 2 is 1.50 bits per heavy atom. The van der Waals surface area contributed by atoms with Crippen LogP contribution in [0.4, 0.5) is 5.69 Å². The molecule has 1 aliphatic heterocycles. The Labute approximate surface area is 201 Å². The third-order valence-electron chi connectivity index (χ3n) is 5.64. The molecule has 34 heavy (non-hydrogen) atoms. The lowest BCUT2D eigenvalue weighted by molar-refractivity contribution is -0.132. The number of rotatable bonds is 6. The van der Waals surface area contributed by atoms with E-state index in [1.54, 1.807) is 66.7 Å². The average molecular weight is 480 g/mol. The van der Waals surface area contributed by atoms with Gasteiger partial charge in [-0.2, -0.15) is 0 Å². The number of ether oxygens (including phenoxy) is 3. The second-order valence-corrected chi connectivity index (χ2v) is 7.92. The van der Waals surface area contributed by atoms with E-state index in [0.717, 1.165) is 0 Å². The van der Waals surface area contributed by atoms with E-state index in [0.29, 0.717) is 39.1 Å². The minimum absolute atomic E-state index is 0.0460. The molecule has 1 N–H and O–H groups in total. The van der Waals surface area contributed by atoms with E-state index >= 15 is 0 Å². The van der Waals surface area contributed by atoms with Crippen molar-refractivity contribution in [2.75, 3.05) is 26.2 Å². The third-order valence-corrected chi connectivity index (χ3v) is 5.89. The lowest BCUT2D eigenvalue weighted by Crippen LogP contribution is -2.29. The lowest BCUT2D eigenvalue weighted by atomic mass is 9.94. The van der Waals surface area contributed by atoms with Gasteiger partial charge in [0, 0.05) is 16.3 Å². The largest absolute Gasteiger partial charge is 0.507 e. The predicted octanol–water partition coefficient (Wildman–Crippen LogP) is 4.99. The molecule has 4 rings (SSSR count). The van der Waals surface area contributed by atoms with Gasteiger partial charge in [0.2, 0.25) is 0 Å². The highest BCUT2D eigenvalue weighted by Gasteiger charge is 2.47. The maximum Gasteiger partial charge on any atom is 0.300 e. The minimum atomic E-state index is -0.913. The van der Waals surface area contributed by atoms with Gasteiger partial charge in [0.1, 0.15) is 11.5 Å². The highest BCUT2D eigenvalue weighted by Crippen LogP contribution is 2.44. The molecule has 7 nitrogen and oxygen atoms in total. The van der Waals surface area contributed by atoms with Gasteiger partial charge in [0.05, 0.1) is 32.9 Å². The zero-order chi connectivity index (χ0) is 24.4. The number of anilines is 1. The van der Waals surface area contributed by atoms with Crippen molar-refractivity contribution in [1.82, 2.24) is 0 Å². The summed E-state index contributed by atoms with van der Waals surface area (Å²) in [7, 11) is 4.55. The first kappa shape index (κ1) is 23.2. The molecule has 0 aliphatic carbocycles. The quantitative estimate of drug-likeness (QED) is 0.304. The van der Waals surface area contributed by atoms with E-state index in [-0.39, 0.29) is 11.3 Å². The van der Waals surface area contributed by atoms with Crippen LogP contribution in [0.2, 0.25) is 5.02 Å². The van der Waals surface area contributed by atoms with Gasteiger partial charge in [-0.1, -0.05) is 17.7 Å². The maximum absolute atomic E-state index is 13.2. The van der Waals surface area contributed by atoms with Gasteiger partial charge in [-0.05, 0) is 66.2 Å². The van der Waals surface area contributed by atoms with Crippen LogP contribution in [0, 0.1) is 0 Å². The van der Waals surface area contributed by atoms with E-state index in [2.05, 4.69) is 0 Å². The third kappa shape index (κ3) is 4.06. The summed E-state index contributed by atoms with van der Waals surface area (Å²) < 4.78 is 16.0. The number of nitrogens with zero attached hydrogens (tertiary/aromatic N) is 1. The topological polar surface area (TPSA) is 85.3 Å². The molecule has 1 fully saturated rings. The number of hydrogen-bond acceptors (Lipinski definition) is 6. The van der Waals surface area contributed by atoms with Crippen LogP contribution in [0.1, 0.15) is 17.2 Å². The number of benzene rings is 3. The summed E-state index contributed by atoms with van der Waals surface area (Å²) in [5.41, 5.74) is 1.35. The van der Waals surface area contributed by atoms with Crippen LogP contribution < -0.4 is 19.1 Å². The molecule has 0 radical (unpaired) electrons. The van der Waals surface area contributed by atoms with E-state index in [9.17, 15) is 14.7 Å². The summed E-state index contributed by atoms with van der Waals surface area (Å²) in [5, 5.41) is 11.6. The second-order valence-electron chi connectivity index (χ2n) is 7.49. The molecule has 1 amide bonds. The molecule has 0 saturated carbocycles. The molecular weight excluding hydrogens is 458 g/mol. The smallest absolute Gasteiger partial charge is 0.300 e. The maximum atomic E-state index is 13.2. The molecule has 0 aromatic heterocycles. The molecule has 3 aromatic rings. The van der Waals surface area contributed by atoms with Crippen molar-refractivity contribution in [2.45, 2.75) is 6.04 Å². The predicted molar refractivity (Wildman–Crippen MR) is 129 cm³/mol. The van der Waals surface area contributed by atoms with Crippen LogP contribution in [-0.4, -0.2) is 38.1 Å². The molecule has 1 atom stereocenters. The molecule has 0 bridgehead atoms. The molecular formula is C26H22ClNO6. The van der Waals surface area contributed by atoms with E-state index < -0.39 is 17.7 Å². The molecule has 0 spiro atoms. The number of amides is 1. The standard InChI is InChI=1S/C26H22ClNO6/c1-32-19-11-9-18(10-12-19)28-23(16-6-13-20(33-2)21(14-16)34-3)22(25(30)26(28)31)24(29)15-4-7-17(27)8-5-15/h4-14,23,29H,1-3H3. The van der Waals surface area contributed by atoms with Crippen molar-refractivity contribution in [3.8, 4) is 17.2 Å². The van der Waals surface area contributed by atoms with E-state index in [1.165, 1.54) is 26.2 Å². The van der Waals surface area contributed by atoms with Gasteiger partial charge in [-0.15, -0.1) is 0 Å². The number of hydrogen-bond donors (Lipinski definition) is 1. The lowest BCUT2D eigenvalue weighted by Gasteiger charge is -2.26. The Morgan fingerprint density at radius 3 is 2.09 bits per heavy atom. The summed E-state index contributed by atoms with van der Waals surface area (Å²) in [6.07, 6.45) is 0. The zero-order valence-corrected chi connectivity index (χ0v) is 19.5. The Morgan fingerprint density at radius 1 is 0.853 bits per heavy atom. The SMILES string of the molecule is COc1ccc(N2C(=O)C(=O)C(=C(O)c3ccc(Cl)cc3)C2c2ccc(OC)c(OC)c2)cc1. The monoisotopic (exact) mass is 479 g/mol. The fourth-order valence-corrected chi connectivity index (χ4v) is 4.07.